The number of hydrogen-bond acceptors (Lipinski definition) is 5. The number of ether oxygens (including phenoxy) is 1. The van der Waals surface area contributed by atoms with E-state index in [1.165, 1.54) is 29.7 Å². The normalized spacial score (nSPS) is 16.8. The molecule has 4 rings (SSSR count). The van der Waals surface area contributed by atoms with Crippen LogP contribution in [0.1, 0.15) is 48.5 Å². The van der Waals surface area contributed by atoms with Gasteiger partial charge in [0.25, 0.3) is 0 Å². The molecule has 0 spiro atoms. The minimum Gasteiger partial charge on any atom is -0.494 e. The van der Waals surface area contributed by atoms with Gasteiger partial charge in [0.15, 0.2) is 6.04 Å². The van der Waals surface area contributed by atoms with Gasteiger partial charge in [0, 0.05) is 5.56 Å². The summed E-state index contributed by atoms with van der Waals surface area (Å²) in [5, 5.41) is 15.2. The van der Waals surface area contributed by atoms with Crippen molar-refractivity contribution < 1.29 is 14.7 Å². The summed E-state index contributed by atoms with van der Waals surface area (Å²) >= 11 is 1.54. The number of aryl methyl sites for hydroxylation is 1. The molecule has 1 fully saturated rings. The van der Waals surface area contributed by atoms with Gasteiger partial charge in [-0.05, 0) is 57.4 Å². The van der Waals surface area contributed by atoms with E-state index >= 15 is 0 Å². The average molecular weight is 374 g/mol. The first kappa shape index (κ1) is 17.3. The van der Waals surface area contributed by atoms with E-state index < -0.39 is 0 Å². The molecule has 0 bridgehead atoms. The zero-order valence-electron chi connectivity index (χ0n) is 15.2. The number of benzene rings is 1. The lowest BCUT2D eigenvalue weighted by Crippen LogP contribution is -3.13. The zero-order chi connectivity index (χ0) is 18.1. The fourth-order valence-corrected chi connectivity index (χ4v) is 5.01. The molecular weight excluding hydrogens is 348 g/mol. The molecule has 1 saturated heterocycles. The van der Waals surface area contributed by atoms with Gasteiger partial charge in [-0.25, -0.2) is 4.98 Å². The molecule has 138 valence electrons. The average Bonchev–Trinajstić information content (AvgIpc) is 3.16. The van der Waals surface area contributed by atoms with Crippen molar-refractivity contribution in [1.82, 2.24) is 14.6 Å². The lowest BCUT2D eigenvalue weighted by Gasteiger charge is -2.31. The summed E-state index contributed by atoms with van der Waals surface area (Å²) in [5.74, 6) is 1.79. The Hall–Kier alpha value is -2.12. The van der Waals surface area contributed by atoms with Crippen LogP contribution in [0.25, 0.3) is 4.96 Å². The minimum absolute atomic E-state index is 0.0970. The predicted octanol–water partition coefficient (Wildman–Crippen LogP) is 2.36. The van der Waals surface area contributed by atoms with E-state index in [0.29, 0.717) is 12.4 Å². The second-order valence-corrected chi connectivity index (χ2v) is 7.81. The van der Waals surface area contributed by atoms with Crippen LogP contribution in [0, 0.1) is 6.92 Å². The third kappa shape index (κ3) is 3.17. The predicted molar refractivity (Wildman–Crippen MR) is 101 cm³/mol. The molecular formula is C19H25N4O2S+. The Morgan fingerprint density at radius 1 is 1.23 bits per heavy atom. The Kier molecular flexibility index (Phi) is 4.82. The Balaban J connectivity index is 1.76. The number of piperidine rings is 1. The fraction of sp³-hybridized carbons (Fsp3) is 0.474. The Bertz CT molecular complexity index is 881. The molecule has 0 amide bonds. The van der Waals surface area contributed by atoms with Gasteiger partial charge < -0.3 is 14.7 Å². The van der Waals surface area contributed by atoms with Gasteiger partial charge in [-0.2, -0.15) is 4.52 Å². The first-order valence-electron chi connectivity index (χ1n) is 9.29. The largest absolute Gasteiger partial charge is 0.494 e. The van der Waals surface area contributed by atoms with Gasteiger partial charge in [0.2, 0.25) is 10.8 Å². The molecule has 0 unspecified atom stereocenters. The number of hydrogen-bond donors (Lipinski definition) is 2. The summed E-state index contributed by atoms with van der Waals surface area (Å²) in [6.45, 7) is 6.73. The SMILES string of the molecule is CCOc1ccc([C@@H](c2sc3nc(C)nn3c2O)[NH+]2CCCCC2)cc1. The van der Waals surface area contributed by atoms with E-state index in [4.69, 9.17) is 4.74 Å². The monoisotopic (exact) mass is 373 g/mol. The molecule has 2 N–H and O–H groups in total. The van der Waals surface area contributed by atoms with Gasteiger partial charge in [-0.1, -0.05) is 11.3 Å². The Morgan fingerprint density at radius 2 is 1.96 bits per heavy atom. The first-order valence-corrected chi connectivity index (χ1v) is 10.1. The Morgan fingerprint density at radius 3 is 2.62 bits per heavy atom. The molecule has 1 atom stereocenters. The molecule has 1 aliphatic heterocycles. The molecule has 7 heteroatoms. The van der Waals surface area contributed by atoms with Crippen LogP contribution >= 0.6 is 11.3 Å². The number of aromatic nitrogens is 3. The molecule has 6 nitrogen and oxygen atoms in total. The highest BCUT2D eigenvalue weighted by Crippen LogP contribution is 2.35. The van der Waals surface area contributed by atoms with Crippen molar-refractivity contribution in [2.24, 2.45) is 0 Å². The molecule has 1 aliphatic rings. The standard InChI is InChI=1S/C19H24N4O2S/c1-3-25-15-9-7-14(8-10-15)16(22-11-5-4-6-12-22)17-18(24)23-19(26-17)20-13(2)21-23/h7-10,16,24H,3-6,11-12H2,1-2H3/p+1/t16-/m0/s1. The smallest absolute Gasteiger partial charge is 0.235 e. The van der Waals surface area contributed by atoms with Gasteiger partial charge in [0.05, 0.1) is 19.7 Å². The first-order chi connectivity index (χ1) is 12.7. The van der Waals surface area contributed by atoms with E-state index in [9.17, 15) is 5.11 Å². The Labute approximate surface area is 157 Å². The van der Waals surface area contributed by atoms with Crippen molar-refractivity contribution >= 4 is 16.3 Å². The van der Waals surface area contributed by atoms with E-state index in [0.717, 1.165) is 28.7 Å². The van der Waals surface area contributed by atoms with Gasteiger partial charge in [0.1, 0.15) is 16.5 Å². The van der Waals surface area contributed by atoms with E-state index in [1.54, 1.807) is 15.9 Å². The summed E-state index contributed by atoms with van der Waals surface area (Å²) in [6, 6.07) is 8.39. The highest BCUT2D eigenvalue weighted by atomic mass is 32.1. The van der Waals surface area contributed by atoms with Crippen LogP contribution in [0.2, 0.25) is 0 Å². The van der Waals surface area contributed by atoms with Crippen LogP contribution in [0.3, 0.4) is 0 Å². The second kappa shape index (κ2) is 7.25. The number of likely N-dealkylation sites (tertiary alicyclic amines) is 1. The van der Waals surface area contributed by atoms with Crippen molar-refractivity contribution in [1.29, 1.82) is 0 Å². The second-order valence-electron chi connectivity index (χ2n) is 6.80. The summed E-state index contributed by atoms with van der Waals surface area (Å²) < 4.78 is 7.16. The number of fused-ring (bicyclic) bond motifs is 1. The summed E-state index contributed by atoms with van der Waals surface area (Å²) in [4.78, 5) is 7.63. The van der Waals surface area contributed by atoms with Crippen LogP contribution in [0.15, 0.2) is 24.3 Å². The molecule has 26 heavy (non-hydrogen) atoms. The topological polar surface area (TPSA) is 64.1 Å². The fourth-order valence-electron chi connectivity index (χ4n) is 3.83. The maximum absolute atomic E-state index is 10.8. The number of rotatable bonds is 5. The lowest BCUT2D eigenvalue weighted by molar-refractivity contribution is -0.929. The number of quaternary nitrogens is 1. The van der Waals surface area contributed by atoms with Gasteiger partial charge in [-0.3, -0.25) is 0 Å². The quantitative estimate of drug-likeness (QED) is 0.721. The van der Waals surface area contributed by atoms with Gasteiger partial charge in [-0.15, -0.1) is 5.10 Å². The molecule has 0 aliphatic carbocycles. The number of aromatic hydroxyl groups is 1. The molecule has 3 aromatic rings. The van der Waals surface area contributed by atoms with Crippen molar-refractivity contribution in [3.8, 4) is 11.6 Å². The number of thiazole rings is 1. The summed E-state index contributed by atoms with van der Waals surface area (Å²) in [6.07, 6.45) is 3.74. The van der Waals surface area contributed by atoms with E-state index in [2.05, 4.69) is 22.2 Å². The van der Waals surface area contributed by atoms with Crippen molar-refractivity contribution in [2.75, 3.05) is 19.7 Å². The third-order valence-corrected chi connectivity index (χ3v) is 6.08. The maximum atomic E-state index is 10.8. The third-order valence-electron chi connectivity index (χ3n) is 5.00. The van der Waals surface area contributed by atoms with Gasteiger partial charge >= 0.3 is 0 Å². The molecule has 3 heterocycles. The van der Waals surface area contributed by atoms with Crippen molar-refractivity contribution in [3.63, 3.8) is 0 Å². The maximum Gasteiger partial charge on any atom is 0.235 e. The number of nitrogens with one attached hydrogen (secondary N) is 1. The molecule has 2 aromatic heterocycles. The lowest BCUT2D eigenvalue weighted by atomic mass is 10.0. The van der Waals surface area contributed by atoms with Crippen LogP contribution in [-0.4, -0.2) is 39.4 Å². The highest BCUT2D eigenvalue weighted by molar-refractivity contribution is 7.17. The van der Waals surface area contributed by atoms with Crippen molar-refractivity contribution in [2.45, 2.75) is 39.2 Å². The summed E-state index contributed by atoms with van der Waals surface area (Å²) in [5.41, 5.74) is 1.20. The van der Waals surface area contributed by atoms with Crippen LogP contribution in [0.4, 0.5) is 0 Å². The summed E-state index contributed by atoms with van der Waals surface area (Å²) in [7, 11) is 0. The highest BCUT2D eigenvalue weighted by Gasteiger charge is 2.33. The van der Waals surface area contributed by atoms with Crippen LogP contribution in [0.5, 0.6) is 11.6 Å². The molecule has 1 aromatic carbocycles. The van der Waals surface area contributed by atoms with E-state index in [1.807, 2.05) is 26.0 Å². The molecule has 0 radical (unpaired) electrons. The zero-order valence-corrected chi connectivity index (χ0v) is 16.1. The van der Waals surface area contributed by atoms with Crippen molar-refractivity contribution in [3.05, 3.63) is 40.5 Å². The number of nitrogens with zero attached hydrogens (tertiary/aromatic N) is 3. The van der Waals surface area contributed by atoms with E-state index in [-0.39, 0.29) is 11.9 Å². The van der Waals surface area contributed by atoms with Crippen LogP contribution in [-0.2, 0) is 0 Å². The minimum atomic E-state index is 0.0970. The molecule has 0 saturated carbocycles. The van der Waals surface area contributed by atoms with Crippen LogP contribution < -0.4 is 9.64 Å².